The number of aliphatic carboxylic acids is 1. The summed E-state index contributed by atoms with van der Waals surface area (Å²) in [5, 5.41) is 9.16. The van der Waals surface area contributed by atoms with Crippen molar-refractivity contribution in [2.45, 2.75) is 57.4 Å². The van der Waals surface area contributed by atoms with Gasteiger partial charge in [0.25, 0.3) is 0 Å². The van der Waals surface area contributed by atoms with Gasteiger partial charge in [-0.2, -0.15) is 0 Å². The summed E-state index contributed by atoms with van der Waals surface area (Å²) in [5.41, 5.74) is 0. The number of carboxylic acids is 1. The highest BCUT2D eigenvalue weighted by Gasteiger charge is 2.28. The molecule has 1 saturated carbocycles. The second kappa shape index (κ2) is 7.22. The van der Waals surface area contributed by atoms with Crippen LogP contribution >= 0.6 is 12.4 Å². The van der Waals surface area contributed by atoms with E-state index in [-0.39, 0.29) is 18.4 Å². The summed E-state index contributed by atoms with van der Waals surface area (Å²) < 4.78 is 0. The first kappa shape index (κ1) is 14.8. The van der Waals surface area contributed by atoms with Gasteiger partial charge in [0.1, 0.15) is 6.04 Å². The van der Waals surface area contributed by atoms with E-state index < -0.39 is 5.97 Å². The molecule has 100 valence electrons. The summed E-state index contributed by atoms with van der Waals surface area (Å²) in [7, 11) is 0. The van der Waals surface area contributed by atoms with Crippen molar-refractivity contribution >= 4 is 18.4 Å². The molecule has 1 atom stereocenters. The highest BCUT2D eigenvalue weighted by atomic mass is 35.5. The van der Waals surface area contributed by atoms with Crippen LogP contribution in [0.1, 0.15) is 51.4 Å². The second-order valence-corrected chi connectivity index (χ2v) is 5.32. The number of likely N-dealkylation sites (tertiary alicyclic amines) is 1. The van der Waals surface area contributed by atoms with Crippen molar-refractivity contribution in [3.8, 4) is 0 Å². The van der Waals surface area contributed by atoms with Gasteiger partial charge in [-0.1, -0.05) is 32.1 Å². The molecule has 0 aromatic rings. The summed E-state index contributed by atoms with van der Waals surface area (Å²) in [6, 6.07) is -0.199. The fourth-order valence-electron chi connectivity index (χ4n) is 3.19. The molecule has 2 fully saturated rings. The Balaban J connectivity index is 0.00000144. The molecule has 0 aromatic heterocycles. The van der Waals surface area contributed by atoms with E-state index in [9.17, 15) is 4.79 Å². The van der Waals surface area contributed by atoms with Crippen LogP contribution in [-0.2, 0) is 4.79 Å². The third-order valence-corrected chi connectivity index (χ3v) is 4.20. The summed E-state index contributed by atoms with van der Waals surface area (Å²) >= 11 is 0. The molecular formula is C13H24ClNO2. The van der Waals surface area contributed by atoms with Crippen molar-refractivity contribution in [3.05, 3.63) is 0 Å². The Bertz CT molecular complexity index is 242. The maximum Gasteiger partial charge on any atom is 0.320 e. The van der Waals surface area contributed by atoms with Crippen LogP contribution < -0.4 is 0 Å². The van der Waals surface area contributed by atoms with E-state index in [1.807, 2.05) is 0 Å². The van der Waals surface area contributed by atoms with E-state index in [1.165, 1.54) is 38.5 Å². The molecule has 0 radical (unpaired) electrons. The van der Waals surface area contributed by atoms with Gasteiger partial charge in [0, 0.05) is 0 Å². The lowest BCUT2D eigenvalue weighted by atomic mass is 9.99. The molecule has 1 heterocycles. The summed E-state index contributed by atoms with van der Waals surface area (Å²) in [6.45, 7) is 1.99. The van der Waals surface area contributed by atoms with E-state index in [0.29, 0.717) is 0 Å². The average Bonchev–Trinajstić information content (AvgIpc) is 2.79. The third-order valence-electron chi connectivity index (χ3n) is 4.20. The van der Waals surface area contributed by atoms with Crippen molar-refractivity contribution in [3.63, 3.8) is 0 Å². The topological polar surface area (TPSA) is 40.5 Å². The predicted octanol–water partition coefficient (Wildman–Crippen LogP) is 2.93. The normalized spacial score (nSPS) is 26.7. The summed E-state index contributed by atoms with van der Waals surface area (Å²) in [4.78, 5) is 13.3. The molecule has 0 amide bonds. The smallest absolute Gasteiger partial charge is 0.320 e. The van der Waals surface area contributed by atoms with Crippen molar-refractivity contribution in [2.75, 3.05) is 13.1 Å². The van der Waals surface area contributed by atoms with Gasteiger partial charge in [0.05, 0.1) is 0 Å². The minimum atomic E-state index is -0.619. The van der Waals surface area contributed by atoms with E-state index in [2.05, 4.69) is 4.90 Å². The number of nitrogens with zero attached hydrogens (tertiary/aromatic N) is 1. The molecule has 1 saturated heterocycles. The maximum absolute atomic E-state index is 11.1. The monoisotopic (exact) mass is 261 g/mol. The third kappa shape index (κ3) is 4.14. The van der Waals surface area contributed by atoms with Crippen molar-refractivity contribution < 1.29 is 9.90 Å². The van der Waals surface area contributed by atoms with Crippen LogP contribution in [-0.4, -0.2) is 35.1 Å². The standard InChI is InChI=1S/C13H23NO2.ClH/c15-13(16)12-7-3-4-9-14(12)10-8-11-5-1-2-6-11;/h11-12H,1-10H2,(H,15,16);1H. The molecule has 17 heavy (non-hydrogen) atoms. The van der Waals surface area contributed by atoms with E-state index in [0.717, 1.165) is 31.8 Å². The Morgan fingerprint density at radius 1 is 1.12 bits per heavy atom. The molecule has 1 N–H and O–H groups in total. The number of hydrogen-bond donors (Lipinski definition) is 1. The van der Waals surface area contributed by atoms with Crippen LogP contribution in [0.25, 0.3) is 0 Å². The first-order valence-corrected chi connectivity index (χ1v) is 6.74. The van der Waals surface area contributed by atoms with Crippen LogP contribution in [0.15, 0.2) is 0 Å². The van der Waals surface area contributed by atoms with Crippen LogP contribution in [0.5, 0.6) is 0 Å². The van der Waals surface area contributed by atoms with Gasteiger partial charge in [0.15, 0.2) is 0 Å². The lowest BCUT2D eigenvalue weighted by Gasteiger charge is -2.33. The molecule has 0 aromatic carbocycles. The molecule has 1 aliphatic carbocycles. The Kier molecular flexibility index (Phi) is 6.28. The average molecular weight is 262 g/mol. The van der Waals surface area contributed by atoms with Gasteiger partial charge in [-0.15, -0.1) is 12.4 Å². The molecule has 0 bridgehead atoms. The lowest BCUT2D eigenvalue weighted by Crippen LogP contribution is -2.45. The molecule has 2 aliphatic rings. The van der Waals surface area contributed by atoms with Crippen molar-refractivity contribution in [1.29, 1.82) is 0 Å². The fourth-order valence-corrected chi connectivity index (χ4v) is 3.19. The number of halogens is 1. The summed E-state index contributed by atoms with van der Waals surface area (Å²) in [6.07, 6.45) is 9.81. The SMILES string of the molecule is Cl.O=C(O)C1CCCCN1CCC1CCCC1. The van der Waals surface area contributed by atoms with Crippen LogP contribution in [0.2, 0.25) is 0 Å². The van der Waals surface area contributed by atoms with Gasteiger partial charge >= 0.3 is 5.97 Å². The highest BCUT2D eigenvalue weighted by Crippen LogP contribution is 2.28. The molecule has 4 heteroatoms. The first-order chi connectivity index (χ1) is 7.77. The molecular weight excluding hydrogens is 238 g/mol. The minimum absolute atomic E-state index is 0. The van der Waals surface area contributed by atoms with Gasteiger partial charge in [-0.3, -0.25) is 9.69 Å². The predicted molar refractivity (Wildman–Crippen MR) is 70.7 cm³/mol. The quantitative estimate of drug-likeness (QED) is 0.846. The molecule has 2 rings (SSSR count). The minimum Gasteiger partial charge on any atom is -0.480 e. The first-order valence-electron chi connectivity index (χ1n) is 6.74. The number of piperidine rings is 1. The number of carbonyl (C=O) groups is 1. The highest BCUT2D eigenvalue weighted by molar-refractivity contribution is 5.85. The zero-order chi connectivity index (χ0) is 11.4. The van der Waals surface area contributed by atoms with Gasteiger partial charge in [-0.25, -0.2) is 0 Å². The van der Waals surface area contributed by atoms with E-state index in [1.54, 1.807) is 0 Å². The molecule has 3 nitrogen and oxygen atoms in total. The second-order valence-electron chi connectivity index (χ2n) is 5.32. The van der Waals surface area contributed by atoms with Crippen LogP contribution in [0.4, 0.5) is 0 Å². The van der Waals surface area contributed by atoms with E-state index >= 15 is 0 Å². The Morgan fingerprint density at radius 3 is 2.41 bits per heavy atom. The lowest BCUT2D eigenvalue weighted by molar-refractivity contribution is -0.144. The number of rotatable bonds is 4. The zero-order valence-corrected chi connectivity index (χ0v) is 11.3. The number of hydrogen-bond acceptors (Lipinski definition) is 2. The Labute approximate surface area is 110 Å². The Morgan fingerprint density at radius 2 is 1.76 bits per heavy atom. The largest absolute Gasteiger partial charge is 0.480 e. The zero-order valence-electron chi connectivity index (χ0n) is 10.4. The van der Waals surface area contributed by atoms with Gasteiger partial charge < -0.3 is 5.11 Å². The maximum atomic E-state index is 11.1. The van der Waals surface area contributed by atoms with Crippen LogP contribution in [0, 0.1) is 5.92 Å². The molecule has 1 unspecified atom stereocenters. The number of carboxylic acid groups (broad SMARTS) is 1. The van der Waals surface area contributed by atoms with Crippen molar-refractivity contribution in [2.24, 2.45) is 5.92 Å². The fraction of sp³-hybridized carbons (Fsp3) is 0.923. The van der Waals surface area contributed by atoms with Crippen molar-refractivity contribution in [1.82, 2.24) is 4.90 Å². The summed E-state index contributed by atoms with van der Waals surface area (Å²) in [5.74, 6) is 0.252. The Hall–Kier alpha value is -0.280. The van der Waals surface area contributed by atoms with E-state index in [4.69, 9.17) is 5.11 Å². The van der Waals surface area contributed by atoms with Crippen LogP contribution in [0.3, 0.4) is 0 Å². The van der Waals surface area contributed by atoms with Gasteiger partial charge in [-0.05, 0) is 38.3 Å². The molecule has 0 spiro atoms. The van der Waals surface area contributed by atoms with Gasteiger partial charge in [0.2, 0.25) is 0 Å². The molecule has 1 aliphatic heterocycles.